The summed E-state index contributed by atoms with van der Waals surface area (Å²) >= 11 is 1.51. The van der Waals surface area contributed by atoms with Crippen LogP contribution in [0.1, 0.15) is 28.8 Å². The van der Waals surface area contributed by atoms with Crippen LogP contribution in [-0.2, 0) is 4.79 Å². The van der Waals surface area contributed by atoms with Gasteiger partial charge in [0, 0.05) is 22.1 Å². The van der Waals surface area contributed by atoms with Crippen molar-refractivity contribution in [2.45, 2.75) is 24.7 Å². The van der Waals surface area contributed by atoms with E-state index in [2.05, 4.69) is 5.32 Å². The fourth-order valence-corrected chi connectivity index (χ4v) is 2.99. The first-order valence-electron chi connectivity index (χ1n) is 7.75. The fraction of sp³-hybridized carbons (Fsp3) is 0.263. The first kappa shape index (κ1) is 15.8. The number of carbonyl (C=O) groups excluding carboxylic acids is 2. The molecule has 118 valence electrons. The summed E-state index contributed by atoms with van der Waals surface area (Å²) in [5.41, 5.74) is 2.71. The molecule has 4 heteroatoms. The Morgan fingerprint density at radius 3 is 2.30 bits per heavy atom. The maximum atomic E-state index is 12.1. The number of amides is 1. The van der Waals surface area contributed by atoms with Gasteiger partial charge in [-0.3, -0.25) is 9.59 Å². The Hall–Kier alpha value is -2.07. The van der Waals surface area contributed by atoms with Crippen LogP contribution in [0.4, 0.5) is 5.69 Å². The number of benzene rings is 2. The van der Waals surface area contributed by atoms with Gasteiger partial charge in [-0.05, 0) is 44.0 Å². The number of ketones is 1. The van der Waals surface area contributed by atoms with Gasteiger partial charge in [0.25, 0.3) is 0 Å². The maximum Gasteiger partial charge on any atom is 0.227 e. The molecular formula is C19H19NO2S. The van der Waals surface area contributed by atoms with Gasteiger partial charge in [0.15, 0.2) is 5.78 Å². The van der Waals surface area contributed by atoms with E-state index in [4.69, 9.17) is 0 Å². The van der Waals surface area contributed by atoms with Crippen molar-refractivity contribution in [3.63, 3.8) is 0 Å². The number of hydrogen-bond acceptors (Lipinski definition) is 3. The van der Waals surface area contributed by atoms with Crippen molar-refractivity contribution in [3.8, 4) is 0 Å². The Morgan fingerprint density at radius 1 is 1.04 bits per heavy atom. The lowest BCUT2D eigenvalue weighted by atomic mass is 10.1. The summed E-state index contributed by atoms with van der Waals surface area (Å²) < 4.78 is 0. The van der Waals surface area contributed by atoms with Gasteiger partial charge in [-0.25, -0.2) is 0 Å². The van der Waals surface area contributed by atoms with Gasteiger partial charge in [-0.1, -0.05) is 29.8 Å². The number of Topliss-reactive ketones (excluding diaryl/α,β-unsaturated/α-hetero) is 1. The van der Waals surface area contributed by atoms with E-state index in [0.29, 0.717) is 5.75 Å². The van der Waals surface area contributed by atoms with Crippen LogP contribution in [0.3, 0.4) is 0 Å². The molecule has 3 rings (SSSR count). The van der Waals surface area contributed by atoms with E-state index in [0.717, 1.165) is 34.6 Å². The molecular weight excluding hydrogens is 306 g/mol. The molecule has 0 atom stereocenters. The van der Waals surface area contributed by atoms with Gasteiger partial charge in [0.05, 0.1) is 5.75 Å². The first-order valence-corrected chi connectivity index (χ1v) is 8.74. The summed E-state index contributed by atoms with van der Waals surface area (Å²) in [5, 5.41) is 2.91. The predicted molar refractivity (Wildman–Crippen MR) is 94.0 cm³/mol. The standard InChI is InChI=1S/C19H19NO2S/c1-13-2-4-14(5-3-13)18(21)12-23-17-10-8-16(9-11-17)20-19(22)15-6-7-15/h2-5,8-11,15H,6-7,12H2,1H3,(H,20,22). The van der Waals surface area contributed by atoms with E-state index in [1.165, 1.54) is 11.8 Å². The van der Waals surface area contributed by atoms with Crippen LogP contribution in [0.5, 0.6) is 0 Å². The topological polar surface area (TPSA) is 46.2 Å². The van der Waals surface area contributed by atoms with Crippen molar-refractivity contribution < 1.29 is 9.59 Å². The van der Waals surface area contributed by atoms with Crippen molar-refractivity contribution in [1.82, 2.24) is 0 Å². The fourth-order valence-electron chi connectivity index (χ4n) is 2.20. The third-order valence-electron chi connectivity index (χ3n) is 3.81. The number of aryl methyl sites for hydroxylation is 1. The van der Waals surface area contributed by atoms with Crippen LogP contribution in [0.15, 0.2) is 53.4 Å². The third kappa shape index (κ3) is 4.45. The van der Waals surface area contributed by atoms with Gasteiger partial charge >= 0.3 is 0 Å². The smallest absolute Gasteiger partial charge is 0.227 e. The molecule has 1 fully saturated rings. The van der Waals surface area contributed by atoms with E-state index in [9.17, 15) is 9.59 Å². The van der Waals surface area contributed by atoms with Crippen LogP contribution in [0.25, 0.3) is 0 Å². The summed E-state index contributed by atoms with van der Waals surface area (Å²) in [6.07, 6.45) is 2.00. The molecule has 3 nitrogen and oxygen atoms in total. The number of nitrogens with one attached hydrogen (secondary N) is 1. The largest absolute Gasteiger partial charge is 0.326 e. The van der Waals surface area contributed by atoms with Gasteiger partial charge < -0.3 is 5.32 Å². The molecule has 1 N–H and O–H groups in total. The SMILES string of the molecule is Cc1ccc(C(=O)CSc2ccc(NC(=O)C3CC3)cc2)cc1. The molecule has 0 heterocycles. The monoisotopic (exact) mass is 325 g/mol. The second-order valence-corrected chi connectivity index (χ2v) is 6.91. The summed E-state index contributed by atoms with van der Waals surface area (Å²) in [5.74, 6) is 0.855. The van der Waals surface area contributed by atoms with Gasteiger partial charge in [0.2, 0.25) is 5.91 Å². The van der Waals surface area contributed by atoms with Crippen LogP contribution >= 0.6 is 11.8 Å². The molecule has 0 aliphatic heterocycles. The van der Waals surface area contributed by atoms with Crippen LogP contribution < -0.4 is 5.32 Å². The predicted octanol–water partition coefficient (Wildman–Crippen LogP) is 4.32. The van der Waals surface area contributed by atoms with Crippen molar-refractivity contribution in [2.75, 3.05) is 11.1 Å². The summed E-state index contributed by atoms with van der Waals surface area (Å²) in [4.78, 5) is 24.9. The minimum atomic E-state index is 0.111. The number of hydrogen-bond donors (Lipinski definition) is 1. The highest BCUT2D eigenvalue weighted by Gasteiger charge is 2.29. The lowest BCUT2D eigenvalue weighted by molar-refractivity contribution is -0.117. The second-order valence-electron chi connectivity index (χ2n) is 5.87. The second kappa shape index (κ2) is 7.01. The molecule has 23 heavy (non-hydrogen) atoms. The third-order valence-corrected chi connectivity index (χ3v) is 4.83. The molecule has 1 saturated carbocycles. The quantitative estimate of drug-likeness (QED) is 0.635. The highest BCUT2D eigenvalue weighted by molar-refractivity contribution is 8.00. The van der Waals surface area contributed by atoms with E-state index in [-0.39, 0.29) is 17.6 Å². The summed E-state index contributed by atoms with van der Waals surface area (Å²) in [6, 6.07) is 15.3. The Bertz CT molecular complexity index is 703. The van der Waals surface area contributed by atoms with Crippen LogP contribution in [0, 0.1) is 12.8 Å². The number of carbonyl (C=O) groups is 2. The van der Waals surface area contributed by atoms with Gasteiger partial charge in [-0.15, -0.1) is 11.8 Å². The van der Waals surface area contributed by atoms with E-state index < -0.39 is 0 Å². The molecule has 2 aromatic rings. The van der Waals surface area contributed by atoms with Gasteiger partial charge in [0.1, 0.15) is 0 Å². The van der Waals surface area contributed by atoms with Crippen molar-refractivity contribution in [3.05, 3.63) is 59.7 Å². The van der Waals surface area contributed by atoms with Crippen LogP contribution in [0.2, 0.25) is 0 Å². The molecule has 1 aliphatic rings. The van der Waals surface area contributed by atoms with Crippen molar-refractivity contribution in [2.24, 2.45) is 5.92 Å². The van der Waals surface area contributed by atoms with Crippen LogP contribution in [-0.4, -0.2) is 17.4 Å². The molecule has 0 aromatic heterocycles. The average molecular weight is 325 g/mol. The lowest BCUT2D eigenvalue weighted by Crippen LogP contribution is -2.12. The van der Waals surface area contributed by atoms with Gasteiger partial charge in [-0.2, -0.15) is 0 Å². The first-order chi connectivity index (χ1) is 11.1. The molecule has 0 unspecified atom stereocenters. The molecule has 0 bridgehead atoms. The van der Waals surface area contributed by atoms with Crippen molar-refractivity contribution >= 4 is 29.1 Å². The maximum absolute atomic E-state index is 12.1. The molecule has 0 saturated heterocycles. The zero-order valence-corrected chi connectivity index (χ0v) is 13.9. The van der Waals surface area contributed by atoms with E-state index in [1.807, 2.05) is 55.5 Å². The minimum absolute atomic E-state index is 0.111. The zero-order valence-electron chi connectivity index (χ0n) is 13.0. The molecule has 2 aromatic carbocycles. The molecule has 1 amide bonds. The Kier molecular flexibility index (Phi) is 4.82. The Morgan fingerprint density at radius 2 is 1.70 bits per heavy atom. The molecule has 1 aliphatic carbocycles. The number of rotatable bonds is 6. The minimum Gasteiger partial charge on any atom is -0.326 e. The van der Waals surface area contributed by atoms with Crippen molar-refractivity contribution in [1.29, 1.82) is 0 Å². The Labute approximate surface area is 140 Å². The number of anilines is 1. The Balaban J connectivity index is 1.52. The summed E-state index contributed by atoms with van der Waals surface area (Å²) in [6.45, 7) is 2.01. The summed E-state index contributed by atoms with van der Waals surface area (Å²) in [7, 11) is 0. The highest BCUT2D eigenvalue weighted by Crippen LogP contribution is 2.30. The number of thioether (sulfide) groups is 1. The highest BCUT2D eigenvalue weighted by atomic mass is 32.2. The average Bonchev–Trinajstić information content (AvgIpc) is 3.39. The zero-order chi connectivity index (χ0) is 16.2. The van der Waals surface area contributed by atoms with E-state index >= 15 is 0 Å². The molecule has 0 spiro atoms. The lowest BCUT2D eigenvalue weighted by Gasteiger charge is -2.06. The molecule has 0 radical (unpaired) electrons. The normalized spacial score (nSPS) is 13.6. The van der Waals surface area contributed by atoms with E-state index in [1.54, 1.807) is 0 Å².